The number of quaternary nitrogens is 1. The number of hydrogen-bond donors (Lipinski definition) is 1. The Morgan fingerprint density at radius 1 is 1.04 bits per heavy atom. The van der Waals surface area contributed by atoms with Gasteiger partial charge in [0.25, 0.3) is 5.91 Å². The van der Waals surface area contributed by atoms with E-state index in [1.807, 2.05) is 42.5 Å². The summed E-state index contributed by atoms with van der Waals surface area (Å²) < 4.78 is 13.2. The van der Waals surface area contributed by atoms with Gasteiger partial charge < -0.3 is 35.9 Å². The molecule has 0 fully saturated rings. The van der Waals surface area contributed by atoms with Crippen LogP contribution in [-0.4, -0.2) is 55.7 Å². The first kappa shape index (κ1) is 36.4. The number of carbonyl (C=O) groups excluding carboxylic acids is 1. The van der Waals surface area contributed by atoms with Gasteiger partial charge in [0.1, 0.15) is 11.3 Å². The minimum Gasteiger partial charge on any atom is -1.00 e. The molecule has 3 aromatic carbocycles. The number of halogens is 3. The van der Waals surface area contributed by atoms with Crippen LogP contribution in [0.5, 0.6) is 5.75 Å². The number of unbranched alkanes of at least 4 members (excludes halogenated alkanes) is 1. The topological polar surface area (TPSA) is 64.4 Å². The molecule has 0 radical (unpaired) electrons. The molecule has 4 aromatic rings. The number of oxazole rings is 1. The Balaban J connectivity index is 0.00000552. The molecule has 1 N–H and O–H groups in total. The summed E-state index contributed by atoms with van der Waals surface area (Å²) in [6, 6.07) is 15.7. The fourth-order valence-electron chi connectivity index (χ4n) is 5.18. The van der Waals surface area contributed by atoms with E-state index in [0.29, 0.717) is 57.6 Å². The van der Waals surface area contributed by atoms with E-state index < -0.39 is 0 Å². The highest BCUT2D eigenvalue weighted by Crippen LogP contribution is 2.39. The average Bonchev–Trinajstić information content (AvgIpc) is 3.41. The second-order valence-electron chi connectivity index (χ2n) is 11.6. The van der Waals surface area contributed by atoms with Gasteiger partial charge >= 0.3 is 0 Å². The summed E-state index contributed by atoms with van der Waals surface area (Å²) in [5, 5.41) is 3.86. The Morgan fingerprint density at radius 3 is 2.56 bits per heavy atom. The highest BCUT2D eigenvalue weighted by molar-refractivity contribution is 6.43. The van der Waals surface area contributed by atoms with E-state index in [9.17, 15) is 4.79 Å². The lowest BCUT2D eigenvalue weighted by Gasteiger charge is -2.29. The van der Waals surface area contributed by atoms with Crippen molar-refractivity contribution < 1.29 is 35.4 Å². The van der Waals surface area contributed by atoms with Crippen molar-refractivity contribution in [3.63, 3.8) is 0 Å². The zero-order chi connectivity index (χ0) is 31.7. The van der Waals surface area contributed by atoms with E-state index in [1.54, 1.807) is 6.07 Å². The van der Waals surface area contributed by atoms with Gasteiger partial charge in [-0.1, -0.05) is 60.8 Å². The van der Waals surface area contributed by atoms with Crippen molar-refractivity contribution in [2.24, 2.45) is 0 Å². The van der Waals surface area contributed by atoms with E-state index in [1.165, 1.54) is 0 Å². The van der Waals surface area contributed by atoms with Crippen LogP contribution >= 0.6 is 23.2 Å². The first-order valence-corrected chi connectivity index (χ1v) is 15.9. The second kappa shape index (κ2) is 17.0. The number of fused-ring (bicyclic) bond motifs is 1. The highest BCUT2D eigenvalue weighted by atomic mass is 79.9. The largest absolute Gasteiger partial charge is 1.00 e. The number of likely N-dealkylation sites (N-methyl/N-ethyl adjacent to an activating group) is 1. The zero-order valence-corrected chi connectivity index (χ0v) is 29.4. The number of amides is 1. The van der Waals surface area contributed by atoms with Crippen LogP contribution in [-0.2, 0) is 17.6 Å². The Labute approximate surface area is 287 Å². The van der Waals surface area contributed by atoms with Gasteiger partial charge in [0.05, 0.1) is 42.9 Å². The molecule has 0 aliphatic heterocycles. The van der Waals surface area contributed by atoms with E-state index in [-0.39, 0.29) is 22.9 Å². The lowest BCUT2D eigenvalue weighted by Crippen LogP contribution is -3.00. The standard InChI is InChI=1S/C36H41Cl2N3O3.BrH/c1-6-9-18-39-33(42)24-41(4,5)19-11-20-43-32-17-16-26(23-27(32)13-8-3)29-21-25(12-7-2)22-31-35(29)44-36(40-31)28-14-10-15-30(37)34(28)38;/h7-8,10,14-17,21-23H,2-3,6,9,11-13,18-20,24H2,1,4-5H3;1H. The van der Waals surface area contributed by atoms with Crippen LogP contribution < -0.4 is 27.0 Å². The molecular weight excluding hydrogens is 673 g/mol. The molecule has 45 heavy (non-hydrogen) atoms. The van der Waals surface area contributed by atoms with E-state index >= 15 is 0 Å². The van der Waals surface area contributed by atoms with Gasteiger partial charge in [-0.15, -0.1) is 13.2 Å². The van der Waals surface area contributed by atoms with Crippen molar-refractivity contribution in [3.8, 4) is 28.3 Å². The van der Waals surface area contributed by atoms with Gasteiger partial charge in [-0.25, -0.2) is 4.98 Å². The number of benzene rings is 3. The van der Waals surface area contributed by atoms with Crippen molar-refractivity contribution >= 4 is 40.2 Å². The Hall–Kier alpha value is -3.10. The third-order valence-corrected chi connectivity index (χ3v) is 8.26. The molecule has 0 spiro atoms. The van der Waals surface area contributed by atoms with Crippen molar-refractivity contribution in [2.45, 2.75) is 39.0 Å². The number of allylic oxidation sites excluding steroid dienone is 2. The lowest BCUT2D eigenvalue weighted by molar-refractivity contribution is -0.882. The summed E-state index contributed by atoms with van der Waals surface area (Å²) in [6.45, 7) is 12.6. The third-order valence-electron chi connectivity index (χ3n) is 7.44. The van der Waals surface area contributed by atoms with Crippen LogP contribution in [0, 0.1) is 0 Å². The van der Waals surface area contributed by atoms with Crippen molar-refractivity contribution in [1.29, 1.82) is 0 Å². The monoisotopic (exact) mass is 713 g/mol. The molecule has 1 amide bonds. The smallest absolute Gasteiger partial charge is 0.275 e. The molecule has 6 nitrogen and oxygen atoms in total. The van der Waals surface area contributed by atoms with Gasteiger partial charge in [-0.05, 0) is 72.4 Å². The summed E-state index contributed by atoms with van der Waals surface area (Å²) in [5.74, 6) is 1.32. The van der Waals surface area contributed by atoms with Crippen LogP contribution in [0.2, 0.25) is 10.0 Å². The summed E-state index contributed by atoms with van der Waals surface area (Å²) >= 11 is 12.8. The number of aromatic nitrogens is 1. The van der Waals surface area contributed by atoms with Gasteiger partial charge in [-0.2, -0.15) is 0 Å². The van der Waals surface area contributed by atoms with Gasteiger partial charge in [-0.3, -0.25) is 4.79 Å². The summed E-state index contributed by atoms with van der Waals surface area (Å²) in [5.41, 5.74) is 6.05. The first-order chi connectivity index (χ1) is 21.2. The van der Waals surface area contributed by atoms with E-state index in [2.05, 4.69) is 51.6 Å². The Bertz CT molecular complexity index is 1630. The minimum absolute atomic E-state index is 0. The van der Waals surface area contributed by atoms with Crippen LogP contribution in [0.1, 0.15) is 37.3 Å². The molecule has 1 heterocycles. The number of hydrogen-bond acceptors (Lipinski definition) is 4. The molecule has 0 aliphatic carbocycles. The number of ether oxygens (including phenoxy) is 1. The fraction of sp³-hybridized carbons (Fsp3) is 0.333. The average molecular weight is 716 g/mol. The number of nitrogens with zero attached hydrogens (tertiary/aromatic N) is 2. The fourth-order valence-corrected chi connectivity index (χ4v) is 5.56. The molecule has 0 aliphatic rings. The maximum atomic E-state index is 12.3. The molecule has 4 rings (SSSR count). The molecule has 0 atom stereocenters. The molecule has 0 unspecified atom stereocenters. The number of rotatable bonds is 16. The van der Waals surface area contributed by atoms with Crippen LogP contribution in [0.3, 0.4) is 0 Å². The van der Waals surface area contributed by atoms with Crippen molar-refractivity contribution in [3.05, 3.63) is 95.0 Å². The van der Waals surface area contributed by atoms with Gasteiger partial charge in [0.15, 0.2) is 12.1 Å². The maximum Gasteiger partial charge on any atom is 0.275 e. The molecule has 0 saturated carbocycles. The molecular formula is C36H42BrCl2N3O3. The van der Waals surface area contributed by atoms with Gasteiger partial charge in [0.2, 0.25) is 5.89 Å². The molecule has 0 bridgehead atoms. The summed E-state index contributed by atoms with van der Waals surface area (Å²) in [7, 11) is 4.15. The molecule has 0 saturated heterocycles. The SMILES string of the molecule is C=CCc1cc(-c2ccc(OCCC[N+](C)(C)CC(=O)NCCCC)c(CC=C)c2)c2oc(-c3cccc(Cl)c3Cl)nc2c1.[Br-]. The van der Waals surface area contributed by atoms with Crippen molar-refractivity contribution in [2.75, 3.05) is 40.3 Å². The first-order valence-electron chi connectivity index (χ1n) is 15.1. The van der Waals surface area contributed by atoms with E-state index in [4.69, 9.17) is 37.3 Å². The Morgan fingerprint density at radius 2 is 1.82 bits per heavy atom. The maximum absolute atomic E-state index is 12.3. The van der Waals surface area contributed by atoms with Gasteiger partial charge in [0, 0.05) is 18.5 Å². The Kier molecular flexibility index (Phi) is 13.7. The minimum atomic E-state index is 0. The predicted molar refractivity (Wildman–Crippen MR) is 183 cm³/mol. The van der Waals surface area contributed by atoms with Crippen LogP contribution in [0.15, 0.2) is 78.3 Å². The van der Waals surface area contributed by atoms with E-state index in [0.717, 1.165) is 65.9 Å². The summed E-state index contributed by atoms with van der Waals surface area (Å²) in [6.07, 6.45) is 7.98. The molecule has 1 aromatic heterocycles. The summed E-state index contributed by atoms with van der Waals surface area (Å²) in [4.78, 5) is 17.1. The third kappa shape index (κ3) is 9.69. The lowest BCUT2D eigenvalue weighted by atomic mass is 9.97. The van der Waals surface area contributed by atoms with Crippen molar-refractivity contribution in [1.82, 2.24) is 10.3 Å². The normalized spacial score (nSPS) is 11.2. The van der Waals surface area contributed by atoms with Crippen LogP contribution in [0.25, 0.3) is 33.7 Å². The number of carbonyl (C=O) groups is 1. The second-order valence-corrected chi connectivity index (χ2v) is 12.4. The molecule has 240 valence electrons. The number of nitrogens with one attached hydrogen (secondary N) is 1. The quantitative estimate of drug-likeness (QED) is 0.0921. The van der Waals surface area contributed by atoms with Crippen LogP contribution in [0.4, 0.5) is 0 Å². The zero-order valence-electron chi connectivity index (χ0n) is 26.3. The predicted octanol–water partition coefficient (Wildman–Crippen LogP) is 5.69. The highest BCUT2D eigenvalue weighted by Gasteiger charge is 2.21. The molecule has 9 heteroatoms.